The minimum atomic E-state index is -0.340. The van der Waals surface area contributed by atoms with Crippen LogP contribution in [0.2, 0.25) is 0 Å². The molecule has 0 aliphatic rings. The van der Waals surface area contributed by atoms with Crippen molar-refractivity contribution in [2.24, 2.45) is 0 Å². The first-order chi connectivity index (χ1) is 10.7. The second kappa shape index (κ2) is 6.22. The largest absolute Gasteiger partial charge is 0.361 e. The van der Waals surface area contributed by atoms with Crippen LogP contribution >= 0.6 is 0 Å². The molecule has 1 N–H and O–H groups in total. The van der Waals surface area contributed by atoms with Crippen LogP contribution in [-0.4, -0.2) is 9.55 Å². The summed E-state index contributed by atoms with van der Waals surface area (Å²) in [6.07, 6.45) is 3.10. The Morgan fingerprint density at radius 3 is 2.50 bits per heavy atom. The molecule has 3 rings (SSSR count). The van der Waals surface area contributed by atoms with Crippen LogP contribution in [0.15, 0.2) is 71.8 Å². The summed E-state index contributed by atoms with van der Waals surface area (Å²) in [4.78, 5) is 16.5. The molecule has 0 amide bonds. The topological polar surface area (TPSA) is 46.9 Å². The fourth-order valence-electron chi connectivity index (χ4n) is 2.12. The molecule has 22 heavy (non-hydrogen) atoms. The molecule has 3 aromatic rings. The first-order valence-corrected chi connectivity index (χ1v) is 6.85. The van der Waals surface area contributed by atoms with Gasteiger partial charge in [-0.1, -0.05) is 30.3 Å². The minimum absolute atomic E-state index is 0.260. The van der Waals surface area contributed by atoms with Crippen LogP contribution in [0.4, 0.5) is 10.2 Å². The van der Waals surface area contributed by atoms with Crippen LogP contribution in [0.1, 0.15) is 5.56 Å². The van der Waals surface area contributed by atoms with Crippen molar-refractivity contribution in [3.8, 4) is 5.69 Å². The molecular weight excluding hydrogens is 281 g/mol. The van der Waals surface area contributed by atoms with Gasteiger partial charge in [0, 0.05) is 24.6 Å². The van der Waals surface area contributed by atoms with Crippen molar-refractivity contribution >= 4 is 5.82 Å². The lowest BCUT2D eigenvalue weighted by Crippen LogP contribution is -2.23. The molecule has 0 aliphatic carbocycles. The lowest BCUT2D eigenvalue weighted by atomic mass is 10.2. The second-order valence-electron chi connectivity index (χ2n) is 4.77. The molecule has 0 aliphatic heterocycles. The van der Waals surface area contributed by atoms with Gasteiger partial charge >= 0.3 is 0 Å². The Hall–Kier alpha value is -2.95. The third-order valence-corrected chi connectivity index (χ3v) is 3.25. The van der Waals surface area contributed by atoms with Crippen molar-refractivity contribution in [1.29, 1.82) is 0 Å². The molecule has 0 radical (unpaired) electrons. The molecule has 110 valence electrons. The summed E-state index contributed by atoms with van der Waals surface area (Å²) in [6, 6.07) is 15.5. The molecule has 0 bridgehead atoms. The molecule has 4 nitrogen and oxygen atoms in total. The molecule has 2 aromatic carbocycles. The number of nitrogens with zero attached hydrogens (tertiary/aromatic N) is 2. The Morgan fingerprint density at radius 2 is 1.77 bits per heavy atom. The van der Waals surface area contributed by atoms with E-state index in [4.69, 9.17) is 0 Å². The Balaban J connectivity index is 1.86. The summed E-state index contributed by atoms with van der Waals surface area (Å²) in [7, 11) is 0. The van der Waals surface area contributed by atoms with E-state index in [1.807, 2.05) is 30.3 Å². The highest BCUT2D eigenvalue weighted by atomic mass is 19.1. The number of hydrogen-bond donors (Lipinski definition) is 1. The summed E-state index contributed by atoms with van der Waals surface area (Å²) in [5.41, 5.74) is 1.38. The summed E-state index contributed by atoms with van der Waals surface area (Å²) in [5.74, 6) is -0.0797. The number of rotatable bonds is 4. The first kappa shape index (κ1) is 14.0. The van der Waals surface area contributed by atoms with Gasteiger partial charge < -0.3 is 5.32 Å². The third kappa shape index (κ3) is 3.03. The molecular formula is C17H14FN3O. The van der Waals surface area contributed by atoms with Crippen LogP contribution in [0.3, 0.4) is 0 Å². The van der Waals surface area contributed by atoms with Gasteiger partial charge in [-0.05, 0) is 29.8 Å². The Kier molecular flexibility index (Phi) is 3.96. The van der Waals surface area contributed by atoms with Crippen molar-refractivity contribution in [3.05, 3.63) is 88.7 Å². The van der Waals surface area contributed by atoms with E-state index in [9.17, 15) is 9.18 Å². The smallest absolute Gasteiger partial charge is 0.297 e. The average molecular weight is 295 g/mol. The van der Waals surface area contributed by atoms with Gasteiger partial charge in [-0.3, -0.25) is 9.36 Å². The molecule has 1 heterocycles. The number of hydrogen-bond acceptors (Lipinski definition) is 3. The lowest BCUT2D eigenvalue weighted by molar-refractivity contribution is 0.627. The van der Waals surface area contributed by atoms with E-state index in [2.05, 4.69) is 10.3 Å². The monoisotopic (exact) mass is 295 g/mol. The number of nitrogens with one attached hydrogen (secondary N) is 1. The average Bonchev–Trinajstić information content (AvgIpc) is 2.56. The normalized spacial score (nSPS) is 10.4. The highest BCUT2D eigenvalue weighted by Crippen LogP contribution is 2.08. The second-order valence-corrected chi connectivity index (χ2v) is 4.77. The molecule has 0 spiro atoms. The van der Waals surface area contributed by atoms with Gasteiger partial charge in [-0.2, -0.15) is 0 Å². The molecule has 0 atom stereocenters. The van der Waals surface area contributed by atoms with Crippen molar-refractivity contribution in [1.82, 2.24) is 9.55 Å². The van der Waals surface area contributed by atoms with Gasteiger partial charge in [0.25, 0.3) is 5.56 Å². The summed E-state index contributed by atoms with van der Waals surface area (Å²) in [5, 5.41) is 3.03. The predicted molar refractivity (Wildman–Crippen MR) is 83.6 cm³/mol. The van der Waals surface area contributed by atoms with E-state index in [1.165, 1.54) is 22.9 Å². The van der Waals surface area contributed by atoms with Crippen LogP contribution in [0.25, 0.3) is 5.69 Å². The first-order valence-electron chi connectivity index (χ1n) is 6.85. The van der Waals surface area contributed by atoms with Gasteiger partial charge in [0.05, 0.1) is 0 Å². The molecule has 0 unspecified atom stereocenters. The maximum Gasteiger partial charge on any atom is 0.297 e. The van der Waals surface area contributed by atoms with E-state index < -0.39 is 0 Å². The maximum absolute atomic E-state index is 13.0. The Labute approximate surface area is 126 Å². The van der Waals surface area contributed by atoms with Crippen molar-refractivity contribution in [2.45, 2.75) is 6.54 Å². The third-order valence-electron chi connectivity index (χ3n) is 3.25. The fraction of sp³-hybridized carbons (Fsp3) is 0.0588. The van der Waals surface area contributed by atoms with Crippen LogP contribution in [0.5, 0.6) is 0 Å². The quantitative estimate of drug-likeness (QED) is 0.805. The van der Waals surface area contributed by atoms with Crippen LogP contribution in [0, 0.1) is 5.82 Å². The number of halogens is 1. The number of benzene rings is 2. The lowest BCUT2D eigenvalue weighted by Gasteiger charge is -2.09. The molecule has 0 saturated heterocycles. The standard InChI is InChI=1S/C17H14FN3O/c18-14-6-8-15(9-7-14)21-11-10-19-16(17(21)22)20-12-13-4-2-1-3-5-13/h1-11H,12H2,(H,19,20). The van der Waals surface area contributed by atoms with Crippen LogP contribution in [-0.2, 0) is 6.54 Å². The van der Waals surface area contributed by atoms with Crippen LogP contribution < -0.4 is 10.9 Å². The molecule has 5 heteroatoms. The zero-order valence-electron chi connectivity index (χ0n) is 11.7. The summed E-state index contributed by atoms with van der Waals surface area (Å²) < 4.78 is 14.4. The SMILES string of the molecule is O=c1c(NCc2ccccc2)nccn1-c1ccc(F)cc1. The highest BCUT2D eigenvalue weighted by Gasteiger charge is 2.06. The van der Waals surface area contributed by atoms with Gasteiger partial charge in [0.1, 0.15) is 5.82 Å². The highest BCUT2D eigenvalue weighted by molar-refractivity contribution is 5.38. The minimum Gasteiger partial charge on any atom is -0.361 e. The van der Waals surface area contributed by atoms with E-state index in [-0.39, 0.29) is 17.2 Å². The van der Waals surface area contributed by atoms with E-state index in [0.29, 0.717) is 12.2 Å². The van der Waals surface area contributed by atoms with Gasteiger partial charge in [-0.15, -0.1) is 0 Å². The van der Waals surface area contributed by atoms with Gasteiger partial charge in [0.2, 0.25) is 0 Å². The fourth-order valence-corrected chi connectivity index (χ4v) is 2.12. The van der Waals surface area contributed by atoms with Gasteiger partial charge in [-0.25, -0.2) is 9.37 Å². The molecule has 1 aromatic heterocycles. The summed E-state index contributed by atoms with van der Waals surface area (Å²) >= 11 is 0. The predicted octanol–water partition coefficient (Wildman–Crippen LogP) is 2.98. The van der Waals surface area contributed by atoms with Crippen molar-refractivity contribution in [2.75, 3.05) is 5.32 Å². The summed E-state index contributed by atoms with van der Waals surface area (Å²) in [6.45, 7) is 0.510. The van der Waals surface area contributed by atoms with Crippen molar-refractivity contribution < 1.29 is 4.39 Å². The molecule has 0 saturated carbocycles. The van der Waals surface area contributed by atoms with E-state index in [0.717, 1.165) is 5.56 Å². The number of anilines is 1. The van der Waals surface area contributed by atoms with Crippen molar-refractivity contribution in [3.63, 3.8) is 0 Å². The maximum atomic E-state index is 13.0. The Bertz CT molecular complexity index is 813. The number of aromatic nitrogens is 2. The zero-order chi connectivity index (χ0) is 15.4. The Morgan fingerprint density at radius 1 is 1.05 bits per heavy atom. The molecule has 0 fully saturated rings. The van der Waals surface area contributed by atoms with Gasteiger partial charge in [0.15, 0.2) is 5.82 Å². The zero-order valence-corrected chi connectivity index (χ0v) is 11.7. The van der Waals surface area contributed by atoms with E-state index >= 15 is 0 Å². The van der Waals surface area contributed by atoms with E-state index in [1.54, 1.807) is 18.3 Å².